The lowest BCUT2D eigenvalue weighted by Crippen LogP contribution is -2.51. The molecule has 2 aromatic rings. The van der Waals surface area contributed by atoms with Crippen LogP contribution in [-0.2, 0) is 0 Å². The summed E-state index contributed by atoms with van der Waals surface area (Å²) in [6, 6.07) is 5.70. The van der Waals surface area contributed by atoms with Gasteiger partial charge in [-0.3, -0.25) is 4.98 Å². The zero-order chi connectivity index (χ0) is 15.0. The molecule has 0 saturated carbocycles. The Morgan fingerprint density at radius 3 is 2.62 bits per heavy atom. The number of rotatable bonds is 1. The summed E-state index contributed by atoms with van der Waals surface area (Å²) in [5, 5.41) is 0. The van der Waals surface area contributed by atoms with Gasteiger partial charge in [-0.25, -0.2) is 9.59 Å². The smallest absolute Gasteiger partial charge is 0.408 e. The van der Waals surface area contributed by atoms with Gasteiger partial charge in [0.1, 0.15) is 0 Å². The molecule has 1 aromatic heterocycles. The highest BCUT2D eigenvalue weighted by molar-refractivity contribution is 5.77. The molecule has 7 heteroatoms. The van der Waals surface area contributed by atoms with Crippen LogP contribution in [0.25, 0.3) is 11.1 Å². The third-order valence-corrected chi connectivity index (χ3v) is 3.70. The molecule has 0 aliphatic carbocycles. The normalized spacial score (nSPS) is 15.5. The number of amides is 2. The number of nitrogens with zero attached hydrogens (tertiary/aromatic N) is 3. The predicted octanol–water partition coefficient (Wildman–Crippen LogP) is 0.925. The van der Waals surface area contributed by atoms with Crippen molar-refractivity contribution < 1.29 is 9.21 Å². The SMILES string of the molecule is CN(C)C(=O)N1CCN(c2ccc3[nH]c(=O)oc3c2)CC1. The second kappa shape index (κ2) is 5.16. The van der Waals surface area contributed by atoms with E-state index in [1.54, 1.807) is 19.0 Å². The number of anilines is 1. The van der Waals surface area contributed by atoms with Gasteiger partial charge in [0.05, 0.1) is 5.52 Å². The molecule has 3 rings (SSSR count). The average molecular weight is 290 g/mol. The Hall–Kier alpha value is -2.44. The number of fused-ring (bicyclic) bond motifs is 1. The van der Waals surface area contributed by atoms with Crippen LogP contribution in [0.5, 0.6) is 0 Å². The first-order valence-electron chi connectivity index (χ1n) is 6.88. The molecule has 1 aromatic carbocycles. The van der Waals surface area contributed by atoms with Gasteiger partial charge < -0.3 is 19.1 Å². The zero-order valence-corrected chi connectivity index (χ0v) is 12.1. The number of oxazole rings is 1. The van der Waals surface area contributed by atoms with Gasteiger partial charge in [0, 0.05) is 52.0 Å². The Morgan fingerprint density at radius 1 is 1.24 bits per heavy atom. The highest BCUT2D eigenvalue weighted by Crippen LogP contribution is 2.21. The summed E-state index contributed by atoms with van der Waals surface area (Å²) in [5.74, 6) is -0.441. The van der Waals surface area contributed by atoms with Crippen molar-refractivity contribution in [2.24, 2.45) is 0 Å². The number of carbonyl (C=O) groups excluding carboxylic acids is 1. The minimum atomic E-state index is -0.441. The summed E-state index contributed by atoms with van der Waals surface area (Å²) in [6.45, 7) is 2.90. The number of benzene rings is 1. The van der Waals surface area contributed by atoms with E-state index in [0.717, 1.165) is 18.8 Å². The van der Waals surface area contributed by atoms with E-state index >= 15 is 0 Å². The standard InChI is InChI=1S/C14H18N4O3/c1-16(2)14(20)18-7-5-17(6-8-18)10-3-4-11-12(9-10)21-13(19)15-11/h3-4,9H,5-8H2,1-2H3,(H,15,19). The number of hydrogen-bond acceptors (Lipinski definition) is 4. The van der Waals surface area contributed by atoms with Crippen LogP contribution >= 0.6 is 0 Å². The van der Waals surface area contributed by atoms with Crippen molar-refractivity contribution in [3.05, 3.63) is 28.7 Å². The number of urea groups is 1. The Labute approximate surface area is 121 Å². The molecule has 0 unspecified atom stereocenters. The molecule has 0 atom stereocenters. The van der Waals surface area contributed by atoms with Crippen molar-refractivity contribution in [3.8, 4) is 0 Å². The van der Waals surface area contributed by atoms with Gasteiger partial charge in [0.15, 0.2) is 5.58 Å². The molecule has 1 N–H and O–H groups in total. The Kier molecular flexibility index (Phi) is 3.32. The van der Waals surface area contributed by atoms with Gasteiger partial charge in [-0.2, -0.15) is 0 Å². The lowest BCUT2D eigenvalue weighted by atomic mass is 10.2. The average Bonchev–Trinajstić information content (AvgIpc) is 2.85. The van der Waals surface area contributed by atoms with Gasteiger partial charge in [-0.05, 0) is 12.1 Å². The molecule has 112 valence electrons. The van der Waals surface area contributed by atoms with E-state index in [4.69, 9.17) is 4.42 Å². The molecule has 1 aliphatic rings. The number of nitrogens with one attached hydrogen (secondary N) is 1. The van der Waals surface area contributed by atoms with Crippen LogP contribution < -0.4 is 10.7 Å². The third kappa shape index (κ3) is 2.58. The number of aromatic nitrogens is 1. The number of piperazine rings is 1. The zero-order valence-electron chi connectivity index (χ0n) is 12.1. The quantitative estimate of drug-likeness (QED) is 0.848. The summed E-state index contributed by atoms with van der Waals surface area (Å²) in [6.07, 6.45) is 0. The number of carbonyl (C=O) groups is 1. The van der Waals surface area contributed by atoms with Gasteiger partial charge in [0.2, 0.25) is 0 Å². The van der Waals surface area contributed by atoms with Gasteiger partial charge in [-0.15, -0.1) is 0 Å². The molecule has 1 saturated heterocycles. The molecular weight excluding hydrogens is 272 g/mol. The molecule has 0 radical (unpaired) electrons. The molecular formula is C14H18N4O3. The second-order valence-corrected chi connectivity index (χ2v) is 5.35. The van der Waals surface area contributed by atoms with E-state index in [9.17, 15) is 9.59 Å². The first kappa shape index (κ1) is 13.5. The molecule has 2 amide bonds. The topological polar surface area (TPSA) is 72.8 Å². The van der Waals surface area contributed by atoms with E-state index in [2.05, 4.69) is 9.88 Å². The van der Waals surface area contributed by atoms with Crippen LogP contribution in [0, 0.1) is 0 Å². The molecule has 21 heavy (non-hydrogen) atoms. The van der Waals surface area contributed by atoms with E-state index in [1.165, 1.54) is 0 Å². The first-order valence-corrected chi connectivity index (χ1v) is 6.88. The Bertz CT molecular complexity index is 710. The summed E-state index contributed by atoms with van der Waals surface area (Å²) in [5.41, 5.74) is 2.26. The minimum absolute atomic E-state index is 0.0433. The Morgan fingerprint density at radius 2 is 1.95 bits per heavy atom. The number of H-pyrrole nitrogens is 1. The molecule has 0 spiro atoms. The van der Waals surface area contributed by atoms with E-state index in [0.29, 0.717) is 24.2 Å². The van der Waals surface area contributed by atoms with Crippen molar-refractivity contribution in [3.63, 3.8) is 0 Å². The van der Waals surface area contributed by atoms with Gasteiger partial charge in [0.25, 0.3) is 0 Å². The van der Waals surface area contributed by atoms with Crippen LogP contribution in [0.3, 0.4) is 0 Å². The van der Waals surface area contributed by atoms with Crippen LogP contribution in [-0.4, -0.2) is 61.1 Å². The maximum atomic E-state index is 11.9. The lowest BCUT2D eigenvalue weighted by molar-refractivity contribution is 0.168. The second-order valence-electron chi connectivity index (χ2n) is 5.35. The van der Waals surface area contributed by atoms with Crippen molar-refractivity contribution in [1.82, 2.24) is 14.8 Å². The fourth-order valence-electron chi connectivity index (χ4n) is 2.57. The first-order chi connectivity index (χ1) is 10.0. The molecule has 2 heterocycles. The maximum Gasteiger partial charge on any atom is 0.417 e. The summed E-state index contributed by atoms with van der Waals surface area (Å²) in [7, 11) is 3.52. The highest BCUT2D eigenvalue weighted by Gasteiger charge is 2.22. The van der Waals surface area contributed by atoms with Crippen molar-refractivity contribution in [2.45, 2.75) is 0 Å². The molecule has 7 nitrogen and oxygen atoms in total. The largest absolute Gasteiger partial charge is 0.417 e. The number of aromatic amines is 1. The van der Waals surface area contributed by atoms with E-state index in [1.807, 2.05) is 23.1 Å². The van der Waals surface area contributed by atoms with Crippen molar-refractivity contribution in [2.75, 3.05) is 45.2 Å². The minimum Gasteiger partial charge on any atom is -0.408 e. The summed E-state index contributed by atoms with van der Waals surface area (Å²) >= 11 is 0. The van der Waals surface area contributed by atoms with Crippen LogP contribution in [0.2, 0.25) is 0 Å². The maximum absolute atomic E-state index is 11.9. The molecule has 1 aliphatic heterocycles. The number of hydrogen-bond donors (Lipinski definition) is 1. The monoisotopic (exact) mass is 290 g/mol. The van der Waals surface area contributed by atoms with Crippen LogP contribution in [0.4, 0.5) is 10.5 Å². The van der Waals surface area contributed by atoms with Crippen molar-refractivity contribution >= 4 is 22.8 Å². The molecule has 1 fully saturated rings. The summed E-state index contributed by atoms with van der Waals surface area (Å²) < 4.78 is 5.08. The summed E-state index contributed by atoms with van der Waals surface area (Å²) in [4.78, 5) is 31.3. The fourth-order valence-corrected chi connectivity index (χ4v) is 2.57. The fraction of sp³-hybridized carbons (Fsp3) is 0.429. The van der Waals surface area contributed by atoms with Crippen LogP contribution in [0.15, 0.2) is 27.4 Å². The molecule has 0 bridgehead atoms. The lowest BCUT2D eigenvalue weighted by Gasteiger charge is -2.37. The van der Waals surface area contributed by atoms with Gasteiger partial charge in [-0.1, -0.05) is 0 Å². The van der Waals surface area contributed by atoms with E-state index in [-0.39, 0.29) is 6.03 Å². The van der Waals surface area contributed by atoms with Crippen LogP contribution in [0.1, 0.15) is 0 Å². The third-order valence-electron chi connectivity index (χ3n) is 3.70. The van der Waals surface area contributed by atoms with E-state index < -0.39 is 5.76 Å². The predicted molar refractivity (Wildman–Crippen MR) is 79.7 cm³/mol. The van der Waals surface area contributed by atoms with Crippen molar-refractivity contribution in [1.29, 1.82) is 0 Å². The van der Waals surface area contributed by atoms with Gasteiger partial charge >= 0.3 is 11.8 Å². The Balaban J connectivity index is 1.73. The highest BCUT2D eigenvalue weighted by atomic mass is 16.4.